The first-order valence-corrected chi connectivity index (χ1v) is 7.82. The Balaban J connectivity index is 2.28. The average molecular weight is 271 g/mol. The monoisotopic (exact) mass is 271 g/mol. The second-order valence-electron chi connectivity index (χ2n) is 6.92. The molecule has 0 saturated heterocycles. The zero-order valence-corrected chi connectivity index (χ0v) is 13.7. The van der Waals surface area contributed by atoms with E-state index in [2.05, 4.69) is 46.9 Å². The molecule has 0 bridgehead atoms. The van der Waals surface area contributed by atoms with E-state index >= 15 is 0 Å². The van der Waals surface area contributed by atoms with Crippen LogP contribution in [0, 0.1) is 5.41 Å². The molecule has 0 radical (unpaired) electrons. The highest BCUT2D eigenvalue weighted by Gasteiger charge is 2.50. The second-order valence-corrected chi connectivity index (χ2v) is 6.92. The van der Waals surface area contributed by atoms with Crippen LogP contribution in [0.3, 0.4) is 0 Å². The Hall–Kier alpha value is -0.120. The zero-order valence-electron chi connectivity index (χ0n) is 13.7. The summed E-state index contributed by atoms with van der Waals surface area (Å²) in [6.07, 6.45) is 3.88. The molecule has 1 N–H and O–H groups in total. The molecule has 0 spiro atoms. The zero-order chi connectivity index (χ0) is 14.5. The minimum atomic E-state index is -0.0672. The first kappa shape index (κ1) is 16.9. The van der Waals surface area contributed by atoms with Crippen molar-refractivity contribution in [3.05, 3.63) is 0 Å². The number of nitrogens with one attached hydrogen (secondary N) is 1. The van der Waals surface area contributed by atoms with E-state index in [1.807, 2.05) is 0 Å². The largest absolute Gasteiger partial charge is 0.375 e. The maximum atomic E-state index is 6.03. The molecule has 0 aromatic carbocycles. The lowest BCUT2D eigenvalue weighted by molar-refractivity contribution is -0.145. The fourth-order valence-corrected chi connectivity index (χ4v) is 2.72. The standard InChI is InChI=1S/C16H33NO2/c1-7-9-17-13-12-14(16(13,6)8-2)18-10-11-19-15(3,4)5/h13-14,17H,7-12H2,1-6H3. The van der Waals surface area contributed by atoms with Crippen LogP contribution in [-0.4, -0.2) is 37.5 Å². The van der Waals surface area contributed by atoms with Crippen LogP contribution in [0.15, 0.2) is 0 Å². The van der Waals surface area contributed by atoms with Gasteiger partial charge in [-0.05, 0) is 46.6 Å². The van der Waals surface area contributed by atoms with Gasteiger partial charge in [0.05, 0.1) is 24.9 Å². The number of hydrogen-bond donors (Lipinski definition) is 1. The third-order valence-electron chi connectivity index (χ3n) is 4.32. The van der Waals surface area contributed by atoms with Crippen LogP contribution in [0.5, 0.6) is 0 Å². The first-order valence-electron chi connectivity index (χ1n) is 7.82. The van der Waals surface area contributed by atoms with Crippen molar-refractivity contribution in [2.24, 2.45) is 5.41 Å². The minimum absolute atomic E-state index is 0.0672. The van der Waals surface area contributed by atoms with Crippen LogP contribution in [0.4, 0.5) is 0 Å². The van der Waals surface area contributed by atoms with E-state index in [0.717, 1.165) is 13.0 Å². The topological polar surface area (TPSA) is 30.5 Å². The summed E-state index contributed by atoms with van der Waals surface area (Å²) in [5.74, 6) is 0. The Morgan fingerprint density at radius 3 is 2.42 bits per heavy atom. The molecular formula is C16H33NO2. The van der Waals surface area contributed by atoms with E-state index in [4.69, 9.17) is 9.47 Å². The highest BCUT2D eigenvalue weighted by molar-refractivity contribution is 5.04. The van der Waals surface area contributed by atoms with Crippen molar-refractivity contribution in [3.63, 3.8) is 0 Å². The van der Waals surface area contributed by atoms with Gasteiger partial charge in [-0.15, -0.1) is 0 Å². The SMILES string of the molecule is CCCNC1CC(OCCOC(C)(C)C)C1(C)CC. The Kier molecular flexibility index (Phi) is 6.28. The van der Waals surface area contributed by atoms with Crippen molar-refractivity contribution in [1.82, 2.24) is 5.32 Å². The van der Waals surface area contributed by atoms with Crippen LogP contribution in [0.1, 0.15) is 60.8 Å². The summed E-state index contributed by atoms with van der Waals surface area (Å²) >= 11 is 0. The average Bonchev–Trinajstić information content (AvgIpc) is 2.33. The predicted molar refractivity (Wildman–Crippen MR) is 80.5 cm³/mol. The second kappa shape index (κ2) is 7.05. The molecule has 19 heavy (non-hydrogen) atoms. The van der Waals surface area contributed by atoms with Gasteiger partial charge in [0.2, 0.25) is 0 Å². The van der Waals surface area contributed by atoms with Crippen molar-refractivity contribution in [1.29, 1.82) is 0 Å². The molecule has 3 heteroatoms. The number of rotatable bonds is 8. The van der Waals surface area contributed by atoms with E-state index in [-0.39, 0.29) is 11.0 Å². The summed E-state index contributed by atoms with van der Waals surface area (Å²) in [5.41, 5.74) is 0.221. The van der Waals surface area contributed by atoms with Crippen LogP contribution in [0.2, 0.25) is 0 Å². The molecule has 1 aliphatic rings. The van der Waals surface area contributed by atoms with Gasteiger partial charge in [-0.2, -0.15) is 0 Å². The Morgan fingerprint density at radius 1 is 1.21 bits per heavy atom. The summed E-state index contributed by atoms with van der Waals surface area (Å²) in [5, 5.41) is 3.64. The molecule has 1 fully saturated rings. The molecule has 3 atom stereocenters. The van der Waals surface area contributed by atoms with Gasteiger partial charge < -0.3 is 14.8 Å². The normalized spacial score (nSPS) is 31.3. The van der Waals surface area contributed by atoms with Gasteiger partial charge in [0.25, 0.3) is 0 Å². The van der Waals surface area contributed by atoms with Crippen LogP contribution in [0.25, 0.3) is 0 Å². The smallest absolute Gasteiger partial charge is 0.0707 e. The van der Waals surface area contributed by atoms with Crippen molar-refractivity contribution in [2.45, 2.75) is 78.6 Å². The van der Waals surface area contributed by atoms with Crippen molar-refractivity contribution >= 4 is 0 Å². The van der Waals surface area contributed by atoms with Crippen LogP contribution < -0.4 is 5.32 Å². The molecule has 0 amide bonds. The van der Waals surface area contributed by atoms with Gasteiger partial charge in [-0.3, -0.25) is 0 Å². The van der Waals surface area contributed by atoms with Crippen molar-refractivity contribution in [2.75, 3.05) is 19.8 Å². The van der Waals surface area contributed by atoms with E-state index in [9.17, 15) is 0 Å². The van der Waals surface area contributed by atoms with Gasteiger partial charge in [-0.25, -0.2) is 0 Å². The Morgan fingerprint density at radius 2 is 1.89 bits per heavy atom. The summed E-state index contributed by atoms with van der Waals surface area (Å²) in [6, 6.07) is 0.617. The number of hydrogen-bond acceptors (Lipinski definition) is 3. The third kappa shape index (κ3) is 4.73. The van der Waals surface area contributed by atoms with Gasteiger partial charge in [0, 0.05) is 11.5 Å². The summed E-state index contributed by atoms with van der Waals surface area (Å²) in [6.45, 7) is 15.6. The van der Waals surface area contributed by atoms with Crippen LogP contribution >= 0.6 is 0 Å². The molecule has 0 heterocycles. The maximum Gasteiger partial charge on any atom is 0.0707 e. The summed E-state index contributed by atoms with van der Waals surface area (Å²) in [7, 11) is 0. The fraction of sp³-hybridized carbons (Fsp3) is 1.00. The molecule has 1 rings (SSSR count). The lowest BCUT2D eigenvalue weighted by Crippen LogP contribution is -2.62. The molecule has 3 nitrogen and oxygen atoms in total. The molecular weight excluding hydrogens is 238 g/mol. The third-order valence-corrected chi connectivity index (χ3v) is 4.32. The Labute approximate surface area is 119 Å². The predicted octanol–water partition coefficient (Wildman–Crippen LogP) is 3.37. The van der Waals surface area contributed by atoms with E-state index in [1.54, 1.807) is 0 Å². The van der Waals surface area contributed by atoms with Gasteiger partial charge in [0.1, 0.15) is 0 Å². The van der Waals surface area contributed by atoms with Gasteiger partial charge in [-0.1, -0.05) is 20.8 Å². The van der Waals surface area contributed by atoms with E-state index in [1.165, 1.54) is 12.8 Å². The first-order chi connectivity index (χ1) is 8.83. The van der Waals surface area contributed by atoms with E-state index < -0.39 is 0 Å². The fourth-order valence-electron chi connectivity index (χ4n) is 2.72. The highest BCUT2D eigenvalue weighted by atomic mass is 16.5. The molecule has 1 saturated carbocycles. The van der Waals surface area contributed by atoms with Crippen molar-refractivity contribution < 1.29 is 9.47 Å². The van der Waals surface area contributed by atoms with Gasteiger partial charge in [0.15, 0.2) is 0 Å². The summed E-state index contributed by atoms with van der Waals surface area (Å²) in [4.78, 5) is 0. The van der Waals surface area contributed by atoms with Crippen LogP contribution in [-0.2, 0) is 9.47 Å². The molecule has 0 aromatic heterocycles. The Bertz CT molecular complexity index is 262. The lowest BCUT2D eigenvalue weighted by Gasteiger charge is -2.54. The van der Waals surface area contributed by atoms with Crippen molar-refractivity contribution in [3.8, 4) is 0 Å². The van der Waals surface area contributed by atoms with E-state index in [0.29, 0.717) is 25.4 Å². The summed E-state index contributed by atoms with van der Waals surface area (Å²) < 4.78 is 11.7. The molecule has 0 aromatic rings. The van der Waals surface area contributed by atoms with Gasteiger partial charge >= 0.3 is 0 Å². The maximum absolute atomic E-state index is 6.03. The number of ether oxygens (including phenoxy) is 2. The quantitative estimate of drug-likeness (QED) is 0.687. The lowest BCUT2D eigenvalue weighted by atomic mass is 9.61. The minimum Gasteiger partial charge on any atom is -0.375 e. The molecule has 114 valence electrons. The molecule has 0 aliphatic heterocycles. The molecule has 1 aliphatic carbocycles. The highest BCUT2D eigenvalue weighted by Crippen LogP contribution is 2.45. The molecule has 3 unspecified atom stereocenters.